The molecular formula is C14H12N6. The molecule has 0 aliphatic heterocycles. The second kappa shape index (κ2) is 6.85. The number of azide groups is 2. The summed E-state index contributed by atoms with van der Waals surface area (Å²) in [5.74, 6) is 0. The quantitative estimate of drug-likeness (QED) is 0.395. The summed E-state index contributed by atoms with van der Waals surface area (Å²) in [5.41, 5.74) is 19.6. The normalized spacial score (nSPS) is 11.7. The van der Waals surface area contributed by atoms with E-state index in [9.17, 15) is 0 Å². The van der Waals surface area contributed by atoms with E-state index in [1.807, 2.05) is 12.1 Å². The third-order valence-electron chi connectivity index (χ3n) is 2.72. The molecule has 0 saturated heterocycles. The zero-order valence-electron chi connectivity index (χ0n) is 11.6. The van der Waals surface area contributed by atoms with Gasteiger partial charge < -0.3 is 0 Å². The highest BCUT2D eigenvalue weighted by molar-refractivity contribution is 5.40. The van der Waals surface area contributed by atoms with Gasteiger partial charge in [-0.25, -0.2) is 0 Å². The predicted molar refractivity (Wildman–Crippen MR) is 77.9 cm³/mol. The van der Waals surface area contributed by atoms with Gasteiger partial charge in [0.2, 0.25) is 0 Å². The molecule has 0 heterocycles. The standard InChI is InChI=1S/C14H12N6/c15-19-17-13-7-3-11(4-8-13)1-2-12-5-9-14(10-6-12)18-20-16/h3-10H,1-2H2/i1D. The molecule has 0 aromatic heterocycles. The molecule has 1 atom stereocenters. The number of hydrogen-bond donors (Lipinski definition) is 0. The van der Waals surface area contributed by atoms with Gasteiger partial charge in [-0.05, 0) is 35.0 Å². The molecule has 6 heteroatoms. The average Bonchev–Trinajstić information content (AvgIpc) is 2.50. The molecule has 0 bridgehead atoms. The molecular weight excluding hydrogens is 252 g/mol. The molecule has 0 N–H and O–H groups in total. The molecule has 0 radical (unpaired) electrons. The van der Waals surface area contributed by atoms with Gasteiger partial charge in [0.1, 0.15) is 0 Å². The monoisotopic (exact) mass is 265 g/mol. The molecule has 1 unspecified atom stereocenters. The van der Waals surface area contributed by atoms with Crippen molar-refractivity contribution in [2.75, 3.05) is 0 Å². The minimum Gasteiger partial charge on any atom is -0.0608 e. The van der Waals surface area contributed by atoms with Gasteiger partial charge in [0.15, 0.2) is 0 Å². The lowest BCUT2D eigenvalue weighted by Gasteiger charge is -2.03. The highest BCUT2D eigenvalue weighted by atomic mass is 15.1. The van der Waals surface area contributed by atoms with Gasteiger partial charge in [-0.1, -0.05) is 58.8 Å². The second-order valence-corrected chi connectivity index (χ2v) is 4.05. The molecule has 2 rings (SSSR count). The van der Waals surface area contributed by atoms with Gasteiger partial charge in [0.05, 0.1) is 0 Å². The zero-order valence-corrected chi connectivity index (χ0v) is 10.6. The summed E-state index contributed by atoms with van der Waals surface area (Å²) in [6.45, 7) is 0. The lowest BCUT2D eigenvalue weighted by atomic mass is 10.0. The number of hydrogen-bond acceptors (Lipinski definition) is 2. The molecule has 0 aliphatic rings. The highest BCUT2D eigenvalue weighted by Gasteiger charge is 1.97. The van der Waals surface area contributed by atoms with Crippen LogP contribution in [0.5, 0.6) is 0 Å². The topological polar surface area (TPSA) is 97.5 Å². The summed E-state index contributed by atoms with van der Waals surface area (Å²) in [7, 11) is 0. The van der Waals surface area contributed by atoms with E-state index in [2.05, 4.69) is 20.1 Å². The van der Waals surface area contributed by atoms with Gasteiger partial charge in [-0.15, -0.1) is 0 Å². The lowest BCUT2D eigenvalue weighted by Crippen LogP contribution is -1.90. The highest BCUT2D eigenvalue weighted by Crippen LogP contribution is 2.17. The van der Waals surface area contributed by atoms with Crippen LogP contribution in [-0.2, 0) is 12.8 Å². The number of benzene rings is 2. The Morgan fingerprint density at radius 3 is 1.70 bits per heavy atom. The van der Waals surface area contributed by atoms with E-state index in [0.29, 0.717) is 17.8 Å². The van der Waals surface area contributed by atoms with Crippen LogP contribution in [0, 0.1) is 0 Å². The van der Waals surface area contributed by atoms with Gasteiger partial charge >= 0.3 is 0 Å². The Bertz CT molecular complexity index is 697. The van der Waals surface area contributed by atoms with Gasteiger partial charge in [-0.3, -0.25) is 0 Å². The van der Waals surface area contributed by atoms with Crippen molar-refractivity contribution in [2.45, 2.75) is 12.8 Å². The average molecular weight is 265 g/mol. The van der Waals surface area contributed by atoms with Crippen LogP contribution in [0.15, 0.2) is 58.8 Å². The van der Waals surface area contributed by atoms with Crippen LogP contribution in [0.1, 0.15) is 12.5 Å². The van der Waals surface area contributed by atoms with Crippen LogP contribution in [0.2, 0.25) is 0 Å². The summed E-state index contributed by atoms with van der Waals surface area (Å²) in [5, 5.41) is 7.00. The molecule has 2 aromatic carbocycles. The first-order valence-corrected chi connectivity index (χ1v) is 5.94. The molecule has 0 amide bonds. The number of rotatable bonds is 5. The van der Waals surface area contributed by atoms with Crippen molar-refractivity contribution in [2.24, 2.45) is 10.2 Å². The summed E-state index contributed by atoms with van der Waals surface area (Å²) in [6, 6.07) is 14.1. The fraction of sp³-hybridized carbons (Fsp3) is 0.143. The van der Waals surface area contributed by atoms with E-state index >= 15 is 0 Å². The van der Waals surface area contributed by atoms with Crippen LogP contribution in [-0.4, -0.2) is 0 Å². The maximum atomic E-state index is 8.34. The largest absolute Gasteiger partial charge is 0.0608 e. The van der Waals surface area contributed by atoms with Crippen LogP contribution in [0.3, 0.4) is 0 Å². The smallest absolute Gasteiger partial charge is 0.0375 e. The maximum Gasteiger partial charge on any atom is 0.0375 e. The van der Waals surface area contributed by atoms with Crippen molar-refractivity contribution in [1.82, 2.24) is 0 Å². The number of nitrogens with zero attached hydrogens (tertiary/aromatic N) is 6. The molecule has 0 aliphatic carbocycles. The first-order chi connectivity index (χ1) is 10.2. The molecule has 6 nitrogen and oxygen atoms in total. The molecule has 0 saturated carbocycles. The van der Waals surface area contributed by atoms with E-state index in [-0.39, 0.29) is 0 Å². The van der Waals surface area contributed by atoms with Crippen LogP contribution in [0.25, 0.3) is 20.9 Å². The summed E-state index contributed by atoms with van der Waals surface area (Å²) >= 11 is 0. The third-order valence-corrected chi connectivity index (χ3v) is 2.72. The van der Waals surface area contributed by atoms with Crippen LogP contribution in [0.4, 0.5) is 11.4 Å². The molecule has 98 valence electrons. The van der Waals surface area contributed by atoms with Gasteiger partial charge in [0.25, 0.3) is 0 Å². The molecule has 2 aromatic rings. The fourth-order valence-electron chi connectivity index (χ4n) is 1.71. The fourth-order valence-corrected chi connectivity index (χ4v) is 1.71. The van der Waals surface area contributed by atoms with Crippen LogP contribution >= 0.6 is 0 Å². The SMILES string of the molecule is [2H]C(Cc1ccc(N=[N+]=[N-])cc1)c1ccc(N=[N+]=[N-])cc1. The maximum absolute atomic E-state index is 8.34. The summed E-state index contributed by atoms with van der Waals surface area (Å²) in [4.78, 5) is 5.44. The zero-order chi connectivity index (χ0) is 15.1. The Morgan fingerprint density at radius 2 is 1.25 bits per heavy atom. The Morgan fingerprint density at radius 1 is 0.800 bits per heavy atom. The Balaban J connectivity index is 2.07. The first kappa shape index (κ1) is 12.1. The van der Waals surface area contributed by atoms with E-state index in [1.165, 1.54) is 0 Å². The van der Waals surface area contributed by atoms with E-state index in [4.69, 9.17) is 12.4 Å². The summed E-state index contributed by atoms with van der Waals surface area (Å²) < 4.78 is 8.17. The van der Waals surface area contributed by atoms with E-state index in [1.54, 1.807) is 36.4 Å². The first-order valence-electron chi connectivity index (χ1n) is 6.52. The Kier molecular flexibility index (Phi) is 4.15. The van der Waals surface area contributed by atoms with Crippen molar-refractivity contribution in [3.05, 3.63) is 80.5 Å². The van der Waals surface area contributed by atoms with Gasteiger partial charge in [0, 0.05) is 22.6 Å². The molecule has 0 spiro atoms. The minimum absolute atomic E-state index is 0.407. The van der Waals surface area contributed by atoms with Crippen molar-refractivity contribution < 1.29 is 1.37 Å². The molecule has 20 heavy (non-hydrogen) atoms. The third kappa shape index (κ3) is 3.78. The van der Waals surface area contributed by atoms with Crippen molar-refractivity contribution >= 4 is 11.4 Å². The van der Waals surface area contributed by atoms with Crippen molar-refractivity contribution in [1.29, 1.82) is 0 Å². The van der Waals surface area contributed by atoms with E-state index < -0.39 is 6.40 Å². The van der Waals surface area contributed by atoms with E-state index in [0.717, 1.165) is 11.1 Å². The Hall–Kier alpha value is -2.94. The predicted octanol–water partition coefficient (Wildman–Crippen LogP) is 5.36. The van der Waals surface area contributed by atoms with Crippen molar-refractivity contribution in [3.8, 4) is 0 Å². The second-order valence-electron chi connectivity index (χ2n) is 4.05. The minimum atomic E-state index is -0.407. The Labute approximate surface area is 117 Å². The number of aryl methyl sites for hydroxylation is 2. The van der Waals surface area contributed by atoms with Gasteiger partial charge in [-0.2, -0.15) is 0 Å². The lowest BCUT2D eigenvalue weighted by molar-refractivity contribution is 0.960. The van der Waals surface area contributed by atoms with Crippen molar-refractivity contribution in [3.63, 3.8) is 0 Å². The van der Waals surface area contributed by atoms with Crippen LogP contribution < -0.4 is 0 Å². The molecule has 0 fully saturated rings. The summed E-state index contributed by atoms with van der Waals surface area (Å²) in [6.07, 6.45) is 0.146.